The minimum atomic E-state index is -0.494. The number of amides is 1. The quantitative estimate of drug-likeness (QED) is 0.781. The first-order valence-corrected chi connectivity index (χ1v) is 6.46. The Bertz CT molecular complexity index is 542. The molecule has 0 fully saturated rings. The Morgan fingerprint density at radius 3 is 2.74 bits per heavy atom. The van der Waals surface area contributed by atoms with Crippen molar-refractivity contribution < 1.29 is 9.53 Å². The second-order valence-electron chi connectivity index (χ2n) is 6.02. The number of ether oxygens (including phenoxy) is 1. The van der Waals surface area contributed by atoms with Crippen LogP contribution in [0, 0.1) is 0 Å². The number of nitrogens with zero attached hydrogens (tertiary/aromatic N) is 1. The van der Waals surface area contributed by atoms with Crippen molar-refractivity contribution in [1.29, 1.82) is 0 Å². The van der Waals surface area contributed by atoms with Crippen LogP contribution in [0.3, 0.4) is 0 Å². The van der Waals surface area contributed by atoms with Gasteiger partial charge in [-0.3, -0.25) is 4.79 Å². The predicted octanol–water partition coefficient (Wildman–Crippen LogP) is 2.23. The Morgan fingerprint density at radius 1 is 1.42 bits per heavy atom. The molecule has 0 radical (unpaired) electrons. The molecule has 5 heteroatoms. The number of fused-ring (bicyclic) bond motifs is 1. The largest absolute Gasteiger partial charge is 0.444 e. The maximum atomic E-state index is 12.1. The molecule has 2 rings (SSSR count). The van der Waals surface area contributed by atoms with Gasteiger partial charge in [0.1, 0.15) is 5.60 Å². The van der Waals surface area contributed by atoms with Crippen LogP contribution in [0.15, 0.2) is 16.9 Å². The Labute approximate surface area is 112 Å². The number of hydrogen-bond acceptors (Lipinski definition) is 3. The van der Waals surface area contributed by atoms with Crippen molar-refractivity contribution in [3.8, 4) is 0 Å². The maximum Gasteiger partial charge on any atom is 0.410 e. The highest BCUT2D eigenvalue weighted by molar-refractivity contribution is 5.68. The molecule has 5 nitrogen and oxygen atoms in total. The number of aromatic amines is 1. The molecule has 1 N–H and O–H groups in total. The van der Waals surface area contributed by atoms with E-state index in [1.807, 2.05) is 27.7 Å². The number of aromatic nitrogens is 1. The SMILES string of the molecule is C[C@H]1CN(C(=O)OC(C)(C)C)Cc2ccc(=O)[nH]c21. The number of carbonyl (C=O) groups excluding carboxylic acids is 1. The van der Waals surface area contributed by atoms with Gasteiger partial charge in [-0.25, -0.2) is 4.79 Å². The van der Waals surface area contributed by atoms with Gasteiger partial charge in [0.2, 0.25) is 5.56 Å². The van der Waals surface area contributed by atoms with Crippen LogP contribution in [0.25, 0.3) is 0 Å². The minimum absolute atomic E-state index is 0.101. The predicted molar refractivity (Wildman–Crippen MR) is 72.1 cm³/mol. The van der Waals surface area contributed by atoms with E-state index in [2.05, 4.69) is 4.98 Å². The Kier molecular flexibility index (Phi) is 3.39. The molecular formula is C14H20N2O3. The van der Waals surface area contributed by atoms with Crippen molar-refractivity contribution in [2.45, 2.75) is 45.8 Å². The Balaban J connectivity index is 2.19. The summed E-state index contributed by atoms with van der Waals surface area (Å²) in [6.45, 7) is 8.58. The lowest BCUT2D eigenvalue weighted by atomic mass is 9.97. The van der Waals surface area contributed by atoms with Crippen LogP contribution in [-0.4, -0.2) is 28.1 Å². The van der Waals surface area contributed by atoms with Crippen LogP contribution in [0.2, 0.25) is 0 Å². The Hall–Kier alpha value is -1.78. The topological polar surface area (TPSA) is 62.4 Å². The van der Waals surface area contributed by atoms with E-state index in [1.165, 1.54) is 6.07 Å². The van der Waals surface area contributed by atoms with Gasteiger partial charge in [0, 0.05) is 24.2 Å². The monoisotopic (exact) mass is 264 g/mol. The summed E-state index contributed by atoms with van der Waals surface area (Å²) in [5.74, 6) is 0.102. The van der Waals surface area contributed by atoms with Gasteiger partial charge in [-0.05, 0) is 26.3 Å². The van der Waals surface area contributed by atoms with Crippen molar-refractivity contribution in [1.82, 2.24) is 9.88 Å². The first-order chi connectivity index (χ1) is 8.76. The van der Waals surface area contributed by atoms with Gasteiger partial charge in [-0.1, -0.05) is 13.0 Å². The van der Waals surface area contributed by atoms with Gasteiger partial charge in [0.15, 0.2) is 0 Å². The molecular weight excluding hydrogens is 244 g/mol. The molecule has 0 bridgehead atoms. The van der Waals surface area contributed by atoms with Crippen molar-refractivity contribution in [2.24, 2.45) is 0 Å². The van der Waals surface area contributed by atoms with Crippen LogP contribution in [-0.2, 0) is 11.3 Å². The number of rotatable bonds is 0. The van der Waals surface area contributed by atoms with Gasteiger partial charge in [0.05, 0.1) is 6.54 Å². The summed E-state index contributed by atoms with van der Waals surface area (Å²) in [5, 5.41) is 0. The first kappa shape index (κ1) is 13.6. The number of pyridine rings is 1. The van der Waals surface area contributed by atoms with Crippen molar-refractivity contribution >= 4 is 6.09 Å². The summed E-state index contributed by atoms with van der Waals surface area (Å²) in [7, 11) is 0. The number of hydrogen-bond donors (Lipinski definition) is 1. The second kappa shape index (κ2) is 4.72. The Morgan fingerprint density at radius 2 is 2.11 bits per heavy atom. The summed E-state index contributed by atoms with van der Waals surface area (Å²) >= 11 is 0. The van der Waals surface area contributed by atoms with Gasteiger partial charge >= 0.3 is 6.09 Å². The van der Waals surface area contributed by atoms with Crippen molar-refractivity contribution in [2.75, 3.05) is 6.54 Å². The third kappa shape index (κ3) is 3.16. The van der Waals surface area contributed by atoms with Crippen LogP contribution >= 0.6 is 0 Å². The maximum absolute atomic E-state index is 12.1. The highest BCUT2D eigenvalue weighted by Gasteiger charge is 2.29. The molecule has 0 aliphatic carbocycles. The van der Waals surface area contributed by atoms with Gasteiger partial charge in [-0.2, -0.15) is 0 Å². The van der Waals surface area contributed by atoms with E-state index in [0.29, 0.717) is 13.1 Å². The number of nitrogens with one attached hydrogen (secondary N) is 1. The van der Waals surface area contributed by atoms with Gasteiger partial charge in [0.25, 0.3) is 0 Å². The van der Waals surface area contributed by atoms with E-state index in [4.69, 9.17) is 4.74 Å². The van der Waals surface area contributed by atoms with Crippen molar-refractivity contribution in [3.05, 3.63) is 33.7 Å². The summed E-state index contributed by atoms with van der Waals surface area (Å²) in [6.07, 6.45) is -0.309. The van der Waals surface area contributed by atoms with Crippen LogP contribution in [0.1, 0.15) is 44.9 Å². The van der Waals surface area contributed by atoms with Crippen molar-refractivity contribution in [3.63, 3.8) is 0 Å². The zero-order valence-electron chi connectivity index (χ0n) is 11.8. The third-order valence-electron chi connectivity index (χ3n) is 3.04. The fourth-order valence-electron chi connectivity index (χ4n) is 2.26. The fraction of sp³-hybridized carbons (Fsp3) is 0.571. The van der Waals surface area contributed by atoms with E-state index in [-0.39, 0.29) is 17.6 Å². The molecule has 1 atom stereocenters. The summed E-state index contributed by atoms with van der Waals surface area (Å²) in [6, 6.07) is 3.27. The molecule has 0 aromatic carbocycles. The summed E-state index contributed by atoms with van der Waals surface area (Å²) < 4.78 is 5.38. The molecule has 1 aliphatic rings. The van der Waals surface area contributed by atoms with Crippen LogP contribution in [0.5, 0.6) is 0 Å². The molecule has 1 aromatic rings. The molecule has 0 spiro atoms. The molecule has 1 amide bonds. The summed E-state index contributed by atoms with van der Waals surface area (Å²) in [4.78, 5) is 27.9. The zero-order valence-corrected chi connectivity index (χ0v) is 11.8. The molecule has 2 heterocycles. The lowest BCUT2D eigenvalue weighted by Crippen LogP contribution is -2.41. The second-order valence-corrected chi connectivity index (χ2v) is 6.02. The van der Waals surface area contributed by atoms with E-state index in [1.54, 1.807) is 11.0 Å². The lowest BCUT2D eigenvalue weighted by molar-refractivity contribution is 0.0207. The van der Waals surface area contributed by atoms with Crippen LogP contribution in [0.4, 0.5) is 4.79 Å². The minimum Gasteiger partial charge on any atom is -0.444 e. The molecule has 0 unspecified atom stereocenters. The fourth-order valence-corrected chi connectivity index (χ4v) is 2.26. The van der Waals surface area contributed by atoms with E-state index >= 15 is 0 Å². The highest BCUT2D eigenvalue weighted by atomic mass is 16.6. The summed E-state index contributed by atoms with van der Waals surface area (Å²) in [5.41, 5.74) is 1.30. The normalized spacial score (nSPS) is 18.9. The van der Waals surface area contributed by atoms with Gasteiger partial charge < -0.3 is 14.6 Å². The van der Waals surface area contributed by atoms with Gasteiger partial charge in [-0.15, -0.1) is 0 Å². The molecule has 0 saturated carbocycles. The molecule has 104 valence electrons. The molecule has 19 heavy (non-hydrogen) atoms. The van der Waals surface area contributed by atoms with E-state index < -0.39 is 5.60 Å². The standard InChI is InChI=1S/C14H20N2O3/c1-9-7-16(13(18)19-14(2,3)4)8-10-5-6-11(17)15-12(9)10/h5-6,9H,7-8H2,1-4H3,(H,15,17)/t9-/m0/s1. The molecule has 1 aliphatic heterocycles. The van der Waals surface area contributed by atoms with E-state index in [9.17, 15) is 9.59 Å². The zero-order chi connectivity index (χ0) is 14.2. The lowest BCUT2D eigenvalue weighted by Gasteiger charge is -2.33. The smallest absolute Gasteiger partial charge is 0.410 e. The van der Waals surface area contributed by atoms with E-state index in [0.717, 1.165) is 11.3 Å². The number of H-pyrrole nitrogens is 1. The van der Waals surface area contributed by atoms with Crippen LogP contribution < -0.4 is 5.56 Å². The molecule has 0 saturated heterocycles. The third-order valence-corrected chi connectivity index (χ3v) is 3.04. The average molecular weight is 264 g/mol. The average Bonchev–Trinajstić information content (AvgIpc) is 2.27. The molecule has 1 aromatic heterocycles. The number of carbonyl (C=O) groups is 1. The highest BCUT2D eigenvalue weighted by Crippen LogP contribution is 2.26. The first-order valence-electron chi connectivity index (χ1n) is 6.46.